The standard InChI is InChI=1S/C18H23N3/c1-3-19-18(17-10-11-20-13(2)21-17)16-9-5-8-15(12-16)14-6-4-7-14/h5,8-12,14,18-19H,3-4,6-7H2,1-2H3. The van der Waals surface area contributed by atoms with Gasteiger partial charge in [0.15, 0.2) is 0 Å². The van der Waals surface area contributed by atoms with Crippen molar-refractivity contribution in [2.24, 2.45) is 0 Å². The Hall–Kier alpha value is -1.74. The molecule has 3 nitrogen and oxygen atoms in total. The van der Waals surface area contributed by atoms with Gasteiger partial charge in [-0.15, -0.1) is 0 Å². The van der Waals surface area contributed by atoms with Crippen LogP contribution >= 0.6 is 0 Å². The van der Waals surface area contributed by atoms with Gasteiger partial charge in [0, 0.05) is 6.20 Å². The van der Waals surface area contributed by atoms with E-state index in [1.54, 1.807) is 0 Å². The third-order valence-corrected chi connectivity index (χ3v) is 4.32. The molecule has 0 spiro atoms. The Morgan fingerprint density at radius 2 is 2.14 bits per heavy atom. The van der Waals surface area contributed by atoms with Crippen molar-refractivity contribution in [2.45, 2.75) is 45.1 Å². The van der Waals surface area contributed by atoms with Crippen LogP contribution in [0.15, 0.2) is 36.5 Å². The van der Waals surface area contributed by atoms with E-state index in [1.807, 2.05) is 19.2 Å². The second kappa shape index (κ2) is 6.35. The summed E-state index contributed by atoms with van der Waals surface area (Å²) in [7, 11) is 0. The van der Waals surface area contributed by atoms with Gasteiger partial charge in [0.2, 0.25) is 0 Å². The summed E-state index contributed by atoms with van der Waals surface area (Å²) in [6.45, 7) is 5.00. The van der Waals surface area contributed by atoms with Crippen molar-refractivity contribution in [1.82, 2.24) is 15.3 Å². The molecule has 1 aliphatic rings. The number of aromatic nitrogens is 2. The van der Waals surface area contributed by atoms with E-state index >= 15 is 0 Å². The molecule has 1 aromatic heterocycles. The summed E-state index contributed by atoms with van der Waals surface area (Å²) in [5.74, 6) is 1.59. The molecule has 1 fully saturated rings. The fraction of sp³-hybridized carbons (Fsp3) is 0.444. The summed E-state index contributed by atoms with van der Waals surface area (Å²) in [5, 5.41) is 3.55. The van der Waals surface area contributed by atoms with Crippen LogP contribution in [-0.2, 0) is 0 Å². The van der Waals surface area contributed by atoms with Gasteiger partial charge < -0.3 is 5.32 Å². The number of aryl methyl sites for hydroxylation is 1. The van der Waals surface area contributed by atoms with Crippen LogP contribution in [0.3, 0.4) is 0 Å². The lowest BCUT2D eigenvalue weighted by atomic mass is 9.79. The van der Waals surface area contributed by atoms with E-state index in [1.165, 1.54) is 30.4 Å². The zero-order valence-electron chi connectivity index (χ0n) is 12.8. The number of nitrogens with one attached hydrogen (secondary N) is 1. The Morgan fingerprint density at radius 1 is 1.29 bits per heavy atom. The van der Waals surface area contributed by atoms with Crippen LogP contribution < -0.4 is 5.32 Å². The molecular weight excluding hydrogens is 258 g/mol. The minimum atomic E-state index is 0.150. The topological polar surface area (TPSA) is 37.8 Å². The molecule has 0 bridgehead atoms. The molecule has 21 heavy (non-hydrogen) atoms. The summed E-state index contributed by atoms with van der Waals surface area (Å²) in [6, 6.07) is 11.2. The average molecular weight is 281 g/mol. The molecule has 3 rings (SSSR count). The monoisotopic (exact) mass is 281 g/mol. The molecule has 1 aromatic carbocycles. The van der Waals surface area contributed by atoms with E-state index in [4.69, 9.17) is 0 Å². The highest BCUT2D eigenvalue weighted by molar-refractivity contribution is 5.33. The Labute approximate surface area is 126 Å². The van der Waals surface area contributed by atoms with Crippen molar-refractivity contribution < 1.29 is 0 Å². The van der Waals surface area contributed by atoms with Crippen LogP contribution in [0.2, 0.25) is 0 Å². The molecular formula is C18H23N3. The third-order valence-electron chi connectivity index (χ3n) is 4.32. The van der Waals surface area contributed by atoms with Gasteiger partial charge in [-0.1, -0.05) is 37.6 Å². The van der Waals surface area contributed by atoms with Crippen LogP contribution in [-0.4, -0.2) is 16.5 Å². The van der Waals surface area contributed by atoms with Crippen molar-refractivity contribution in [2.75, 3.05) is 6.54 Å². The zero-order chi connectivity index (χ0) is 14.7. The first-order chi connectivity index (χ1) is 10.3. The van der Waals surface area contributed by atoms with Crippen molar-refractivity contribution in [3.8, 4) is 0 Å². The number of hydrogen-bond donors (Lipinski definition) is 1. The lowest BCUT2D eigenvalue weighted by Crippen LogP contribution is -2.23. The van der Waals surface area contributed by atoms with Gasteiger partial charge in [-0.3, -0.25) is 0 Å². The Kier molecular flexibility index (Phi) is 4.30. The minimum absolute atomic E-state index is 0.150. The van der Waals surface area contributed by atoms with Crippen LogP contribution in [0.1, 0.15) is 60.8 Å². The highest BCUT2D eigenvalue weighted by Gasteiger charge is 2.21. The normalized spacial score (nSPS) is 16.5. The SMILES string of the molecule is CCNC(c1cccc(C2CCC2)c1)c1ccnc(C)n1. The summed E-state index contributed by atoms with van der Waals surface area (Å²) in [6.07, 6.45) is 5.89. The smallest absolute Gasteiger partial charge is 0.125 e. The first-order valence-electron chi connectivity index (χ1n) is 7.90. The van der Waals surface area contributed by atoms with E-state index in [9.17, 15) is 0 Å². The second-order valence-electron chi connectivity index (χ2n) is 5.82. The molecule has 1 atom stereocenters. The van der Waals surface area contributed by atoms with Gasteiger partial charge >= 0.3 is 0 Å². The molecule has 1 N–H and O–H groups in total. The Morgan fingerprint density at radius 3 is 2.81 bits per heavy atom. The van der Waals surface area contributed by atoms with E-state index in [-0.39, 0.29) is 6.04 Å². The number of hydrogen-bond acceptors (Lipinski definition) is 3. The van der Waals surface area contributed by atoms with Gasteiger partial charge in [0.05, 0.1) is 11.7 Å². The minimum Gasteiger partial charge on any atom is -0.305 e. The van der Waals surface area contributed by atoms with Gasteiger partial charge in [0.1, 0.15) is 5.82 Å². The van der Waals surface area contributed by atoms with Crippen LogP contribution in [0, 0.1) is 6.92 Å². The summed E-state index contributed by atoms with van der Waals surface area (Å²) in [5.41, 5.74) is 3.84. The molecule has 1 saturated carbocycles. The van der Waals surface area contributed by atoms with Gasteiger partial charge in [-0.25, -0.2) is 9.97 Å². The molecule has 1 unspecified atom stereocenters. The number of benzene rings is 1. The van der Waals surface area contributed by atoms with Gasteiger partial charge in [-0.2, -0.15) is 0 Å². The molecule has 0 aliphatic heterocycles. The van der Waals surface area contributed by atoms with Crippen molar-refractivity contribution in [3.63, 3.8) is 0 Å². The highest BCUT2D eigenvalue weighted by Crippen LogP contribution is 2.37. The predicted molar refractivity (Wildman–Crippen MR) is 85.3 cm³/mol. The van der Waals surface area contributed by atoms with Crippen molar-refractivity contribution >= 4 is 0 Å². The van der Waals surface area contributed by atoms with Crippen molar-refractivity contribution in [1.29, 1.82) is 0 Å². The zero-order valence-corrected chi connectivity index (χ0v) is 12.8. The molecule has 2 aromatic rings. The molecule has 110 valence electrons. The lowest BCUT2D eigenvalue weighted by Gasteiger charge is -2.27. The maximum atomic E-state index is 4.60. The maximum absolute atomic E-state index is 4.60. The van der Waals surface area contributed by atoms with Crippen LogP contribution in [0.4, 0.5) is 0 Å². The average Bonchev–Trinajstić information content (AvgIpc) is 2.43. The van der Waals surface area contributed by atoms with Gasteiger partial charge in [0.25, 0.3) is 0 Å². The molecule has 0 saturated heterocycles. The Balaban J connectivity index is 1.93. The largest absolute Gasteiger partial charge is 0.305 e. The Bertz CT molecular complexity index is 605. The molecule has 0 radical (unpaired) electrons. The maximum Gasteiger partial charge on any atom is 0.125 e. The highest BCUT2D eigenvalue weighted by atomic mass is 15.0. The summed E-state index contributed by atoms with van der Waals surface area (Å²) < 4.78 is 0. The quantitative estimate of drug-likeness (QED) is 0.907. The van der Waals surface area contributed by atoms with Crippen LogP contribution in [0.25, 0.3) is 0 Å². The first-order valence-corrected chi connectivity index (χ1v) is 7.90. The van der Waals surface area contributed by atoms with E-state index in [2.05, 4.69) is 46.5 Å². The molecule has 1 heterocycles. The van der Waals surface area contributed by atoms with E-state index in [0.29, 0.717) is 0 Å². The summed E-state index contributed by atoms with van der Waals surface area (Å²) >= 11 is 0. The second-order valence-corrected chi connectivity index (χ2v) is 5.82. The molecule has 0 amide bonds. The van der Waals surface area contributed by atoms with E-state index in [0.717, 1.165) is 24.0 Å². The third kappa shape index (κ3) is 3.13. The first kappa shape index (κ1) is 14.2. The van der Waals surface area contributed by atoms with Crippen molar-refractivity contribution in [3.05, 3.63) is 59.2 Å². The lowest BCUT2D eigenvalue weighted by molar-refractivity contribution is 0.419. The van der Waals surface area contributed by atoms with Gasteiger partial charge in [-0.05, 0) is 49.4 Å². The number of rotatable bonds is 5. The fourth-order valence-corrected chi connectivity index (χ4v) is 2.97. The molecule has 1 aliphatic carbocycles. The number of nitrogens with zero attached hydrogens (tertiary/aromatic N) is 2. The van der Waals surface area contributed by atoms with Crippen LogP contribution in [0.5, 0.6) is 0 Å². The summed E-state index contributed by atoms with van der Waals surface area (Å²) in [4.78, 5) is 8.81. The predicted octanol–water partition coefficient (Wildman–Crippen LogP) is 3.75. The molecule has 3 heteroatoms. The van der Waals surface area contributed by atoms with E-state index < -0.39 is 0 Å². The fourth-order valence-electron chi connectivity index (χ4n) is 2.97.